The van der Waals surface area contributed by atoms with Gasteiger partial charge in [0.2, 0.25) is 11.8 Å². The number of aryl methyl sites for hydroxylation is 1. The first-order chi connectivity index (χ1) is 15.4. The van der Waals surface area contributed by atoms with Crippen molar-refractivity contribution in [3.8, 4) is 5.75 Å². The first-order valence-corrected chi connectivity index (χ1v) is 11.0. The predicted octanol–water partition coefficient (Wildman–Crippen LogP) is 2.33. The van der Waals surface area contributed by atoms with Crippen LogP contribution in [0, 0.1) is 5.92 Å². The summed E-state index contributed by atoms with van der Waals surface area (Å²) in [5, 5.41) is 0. The normalized spacial score (nSPS) is 16.9. The van der Waals surface area contributed by atoms with E-state index in [1.54, 1.807) is 30.6 Å². The van der Waals surface area contributed by atoms with Gasteiger partial charge in [-0.2, -0.15) is 0 Å². The second kappa shape index (κ2) is 11.6. The highest BCUT2D eigenvalue weighted by atomic mass is 16.5. The molecule has 0 bridgehead atoms. The van der Waals surface area contributed by atoms with Crippen LogP contribution in [0.4, 0.5) is 0 Å². The molecule has 2 aromatic rings. The predicted molar refractivity (Wildman–Crippen MR) is 120 cm³/mol. The molecule has 1 aromatic heterocycles. The molecule has 0 radical (unpaired) electrons. The third kappa shape index (κ3) is 7.02. The van der Waals surface area contributed by atoms with Gasteiger partial charge in [-0.1, -0.05) is 26.0 Å². The van der Waals surface area contributed by atoms with E-state index in [0.717, 1.165) is 17.0 Å². The molecule has 0 aliphatic carbocycles. The molecule has 172 valence electrons. The van der Waals surface area contributed by atoms with Gasteiger partial charge in [0.1, 0.15) is 5.75 Å². The fourth-order valence-electron chi connectivity index (χ4n) is 3.72. The fraction of sp³-hybridized carbons (Fsp3) is 0.500. The molecule has 1 atom stereocenters. The Morgan fingerprint density at radius 1 is 1.25 bits per heavy atom. The number of rotatable bonds is 9. The van der Waals surface area contributed by atoms with E-state index in [1.807, 2.05) is 29.2 Å². The summed E-state index contributed by atoms with van der Waals surface area (Å²) in [4.78, 5) is 37.5. The molecule has 1 aliphatic heterocycles. The maximum absolute atomic E-state index is 12.9. The molecule has 0 N–H and O–H groups in total. The summed E-state index contributed by atoms with van der Waals surface area (Å²) in [7, 11) is 1.63. The van der Waals surface area contributed by atoms with Gasteiger partial charge >= 0.3 is 0 Å². The van der Waals surface area contributed by atoms with Crippen LogP contribution in [0.5, 0.6) is 5.75 Å². The summed E-state index contributed by atoms with van der Waals surface area (Å²) < 4.78 is 11.5. The fourth-order valence-corrected chi connectivity index (χ4v) is 3.72. The molecular weight excluding hydrogens is 408 g/mol. The van der Waals surface area contributed by atoms with Crippen LogP contribution in [0.1, 0.15) is 31.5 Å². The molecule has 0 spiro atoms. The Bertz CT molecular complexity index is 891. The number of benzene rings is 1. The molecule has 3 rings (SSSR count). The minimum absolute atomic E-state index is 0.0426. The zero-order chi connectivity index (χ0) is 22.9. The SMILES string of the molecule is COc1cccc(CO[C@H]2CN(C(=O)CCc3cnccn3)CC(=O)N(CC(C)C)C2)c1. The Labute approximate surface area is 189 Å². The van der Waals surface area contributed by atoms with Gasteiger partial charge in [-0.05, 0) is 30.0 Å². The van der Waals surface area contributed by atoms with Crippen LogP contribution in [0.15, 0.2) is 42.9 Å². The second-order valence-electron chi connectivity index (χ2n) is 8.45. The number of carbonyl (C=O) groups excluding carboxylic acids is 2. The molecule has 32 heavy (non-hydrogen) atoms. The van der Waals surface area contributed by atoms with Crippen LogP contribution in [-0.4, -0.2) is 71.0 Å². The minimum atomic E-state index is -0.271. The lowest BCUT2D eigenvalue weighted by atomic mass is 10.2. The van der Waals surface area contributed by atoms with E-state index >= 15 is 0 Å². The summed E-state index contributed by atoms with van der Waals surface area (Å²) >= 11 is 0. The molecular formula is C24H32N4O4. The Morgan fingerprint density at radius 2 is 2.09 bits per heavy atom. The van der Waals surface area contributed by atoms with Crippen molar-refractivity contribution in [3.05, 3.63) is 54.1 Å². The average Bonchev–Trinajstić information content (AvgIpc) is 2.95. The van der Waals surface area contributed by atoms with Crippen molar-refractivity contribution in [2.45, 2.75) is 39.4 Å². The van der Waals surface area contributed by atoms with Crippen LogP contribution < -0.4 is 4.74 Å². The van der Waals surface area contributed by atoms with Gasteiger partial charge in [-0.15, -0.1) is 0 Å². The van der Waals surface area contributed by atoms with Crippen molar-refractivity contribution < 1.29 is 19.1 Å². The lowest BCUT2D eigenvalue weighted by molar-refractivity contribution is -0.139. The van der Waals surface area contributed by atoms with Crippen molar-refractivity contribution in [3.63, 3.8) is 0 Å². The van der Waals surface area contributed by atoms with Gasteiger partial charge in [0.25, 0.3) is 0 Å². The van der Waals surface area contributed by atoms with E-state index in [0.29, 0.717) is 38.6 Å². The third-order valence-electron chi connectivity index (χ3n) is 5.30. The van der Waals surface area contributed by atoms with Gasteiger partial charge in [0.15, 0.2) is 0 Å². The number of hydrogen-bond donors (Lipinski definition) is 0. The smallest absolute Gasteiger partial charge is 0.242 e. The zero-order valence-electron chi connectivity index (χ0n) is 19.1. The van der Waals surface area contributed by atoms with Crippen LogP contribution >= 0.6 is 0 Å². The third-order valence-corrected chi connectivity index (χ3v) is 5.30. The van der Waals surface area contributed by atoms with Crippen molar-refractivity contribution in [2.75, 3.05) is 33.3 Å². The quantitative estimate of drug-likeness (QED) is 0.595. The maximum Gasteiger partial charge on any atom is 0.242 e. The summed E-state index contributed by atoms with van der Waals surface area (Å²) in [5.74, 6) is 0.977. The summed E-state index contributed by atoms with van der Waals surface area (Å²) in [6.07, 6.45) is 5.37. The van der Waals surface area contributed by atoms with Crippen LogP contribution in [0.2, 0.25) is 0 Å². The standard InChI is InChI=1S/C24H32N4O4/c1-18(2)13-27-14-22(32-17-19-5-4-6-21(11-19)31-3)15-28(16-24(27)30)23(29)8-7-20-12-25-9-10-26-20/h4-6,9-12,18,22H,7-8,13-17H2,1-3H3/t22-/m1/s1. The first kappa shape index (κ1) is 23.7. The average molecular weight is 441 g/mol. The number of ether oxygens (including phenoxy) is 2. The molecule has 2 heterocycles. The number of nitrogens with zero attached hydrogens (tertiary/aromatic N) is 4. The number of amides is 2. The van der Waals surface area contributed by atoms with Crippen molar-refractivity contribution in [1.82, 2.24) is 19.8 Å². The molecule has 0 saturated carbocycles. The zero-order valence-corrected chi connectivity index (χ0v) is 19.1. The first-order valence-electron chi connectivity index (χ1n) is 11.0. The van der Waals surface area contributed by atoms with E-state index < -0.39 is 0 Å². The van der Waals surface area contributed by atoms with Crippen LogP contribution in [0.3, 0.4) is 0 Å². The lowest BCUT2D eigenvalue weighted by Crippen LogP contribution is -2.40. The van der Waals surface area contributed by atoms with E-state index in [4.69, 9.17) is 9.47 Å². The molecule has 0 unspecified atom stereocenters. The van der Waals surface area contributed by atoms with Crippen molar-refractivity contribution in [2.24, 2.45) is 5.92 Å². The molecule has 8 nitrogen and oxygen atoms in total. The Balaban J connectivity index is 1.67. The van der Waals surface area contributed by atoms with Gasteiger partial charge in [-0.25, -0.2) is 0 Å². The monoisotopic (exact) mass is 440 g/mol. The summed E-state index contributed by atoms with van der Waals surface area (Å²) in [6, 6.07) is 7.70. The van der Waals surface area contributed by atoms with Crippen molar-refractivity contribution >= 4 is 11.8 Å². The van der Waals surface area contributed by atoms with E-state index in [9.17, 15) is 9.59 Å². The molecule has 1 aromatic carbocycles. The minimum Gasteiger partial charge on any atom is -0.497 e. The molecule has 1 saturated heterocycles. The molecule has 1 aliphatic rings. The van der Waals surface area contributed by atoms with E-state index in [2.05, 4.69) is 23.8 Å². The highest BCUT2D eigenvalue weighted by molar-refractivity contribution is 5.85. The van der Waals surface area contributed by atoms with Gasteiger partial charge < -0.3 is 19.3 Å². The van der Waals surface area contributed by atoms with Gasteiger partial charge in [0, 0.05) is 44.6 Å². The topological polar surface area (TPSA) is 84.9 Å². The second-order valence-corrected chi connectivity index (χ2v) is 8.45. The molecule has 2 amide bonds. The van der Waals surface area contributed by atoms with Crippen LogP contribution in [-0.2, 0) is 27.4 Å². The Morgan fingerprint density at radius 3 is 2.81 bits per heavy atom. The van der Waals surface area contributed by atoms with E-state index in [-0.39, 0.29) is 30.9 Å². The van der Waals surface area contributed by atoms with Crippen LogP contribution in [0.25, 0.3) is 0 Å². The molecule has 8 heteroatoms. The number of carbonyl (C=O) groups is 2. The largest absolute Gasteiger partial charge is 0.497 e. The van der Waals surface area contributed by atoms with Gasteiger partial charge in [0.05, 0.1) is 32.1 Å². The molecule has 1 fully saturated rings. The Kier molecular flexibility index (Phi) is 8.56. The van der Waals surface area contributed by atoms with E-state index in [1.165, 1.54) is 0 Å². The summed E-state index contributed by atoms with van der Waals surface area (Å²) in [5.41, 5.74) is 1.74. The van der Waals surface area contributed by atoms with Crippen molar-refractivity contribution in [1.29, 1.82) is 0 Å². The van der Waals surface area contributed by atoms with Gasteiger partial charge in [-0.3, -0.25) is 19.6 Å². The number of hydrogen-bond acceptors (Lipinski definition) is 6. The number of aromatic nitrogens is 2. The highest BCUT2D eigenvalue weighted by Crippen LogP contribution is 2.17. The maximum atomic E-state index is 12.9. The highest BCUT2D eigenvalue weighted by Gasteiger charge is 2.31. The lowest BCUT2D eigenvalue weighted by Gasteiger charge is -2.26. The Hall–Kier alpha value is -3.00. The number of methoxy groups -OCH3 is 1. The summed E-state index contributed by atoms with van der Waals surface area (Å²) in [6.45, 7) is 6.10.